The van der Waals surface area contributed by atoms with Crippen LogP contribution in [0.4, 0.5) is 4.79 Å². The molecule has 7 heteroatoms. The van der Waals surface area contributed by atoms with Crippen molar-refractivity contribution in [2.75, 3.05) is 27.2 Å². The van der Waals surface area contributed by atoms with Gasteiger partial charge in [-0.15, -0.1) is 6.58 Å². The van der Waals surface area contributed by atoms with Gasteiger partial charge in [-0.1, -0.05) is 6.08 Å². The molecule has 0 saturated carbocycles. The van der Waals surface area contributed by atoms with Crippen LogP contribution >= 0.6 is 0 Å². The number of carboxylic acid groups (broad SMARTS) is 1. The van der Waals surface area contributed by atoms with Crippen molar-refractivity contribution in [2.24, 2.45) is 0 Å². The summed E-state index contributed by atoms with van der Waals surface area (Å²) >= 11 is 0. The molecule has 0 radical (unpaired) electrons. The first-order valence-corrected chi connectivity index (χ1v) is 5.92. The van der Waals surface area contributed by atoms with E-state index < -0.39 is 18.0 Å². The van der Waals surface area contributed by atoms with Crippen molar-refractivity contribution in [3.63, 3.8) is 0 Å². The van der Waals surface area contributed by atoms with Gasteiger partial charge in [0.05, 0.1) is 0 Å². The molecule has 19 heavy (non-hydrogen) atoms. The minimum atomic E-state index is -1.14. The number of aliphatic carboxylic acids is 1. The van der Waals surface area contributed by atoms with Crippen molar-refractivity contribution in [1.29, 1.82) is 0 Å². The van der Waals surface area contributed by atoms with Gasteiger partial charge in [-0.05, 0) is 13.3 Å². The van der Waals surface area contributed by atoms with Gasteiger partial charge in [0.2, 0.25) is 5.91 Å². The van der Waals surface area contributed by atoms with Crippen molar-refractivity contribution in [1.82, 2.24) is 15.1 Å². The summed E-state index contributed by atoms with van der Waals surface area (Å²) in [7, 11) is 3.18. The van der Waals surface area contributed by atoms with Crippen molar-refractivity contribution >= 4 is 17.9 Å². The molecule has 0 aromatic carbocycles. The molecule has 0 spiro atoms. The molecule has 0 aliphatic carbocycles. The monoisotopic (exact) mass is 271 g/mol. The first-order valence-electron chi connectivity index (χ1n) is 5.92. The van der Waals surface area contributed by atoms with E-state index in [4.69, 9.17) is 5.11 Å². The van der Waals surface area contributed by atoms with E-state index in [0.29, 0.717) is 6.54 Å². The summed E-state index contributed by atoms with van der Waals surface area (Å²) in [6.07, 6.45) is 1.54. The zero-order valence-corrected chi connectivity index (χ0v) is 11.5. The summed E-state index contributed by atoms with van der Waals surface area (Å²) < 4.78 is 0. The fourth-order valence-electron chi connectivity index (χ4n) is 1.26. The number of nitrogens with zero attached hydrogens (tertiary/aromatic N) is 2. The van der Waals surface area contributed by atoms with Gasteiger partial charge >= 0.3 is 12.0 Å². The van der Waals surface area contributed by atoms with E-state index in [-0.39, 0.29) is 18.9 Å². The first-order chi connectivity index (χ1) is 8.83. The zero-order valence-electron chi connectivity index (χ0n) is 11.5. The highest BCUT2D eigenvalue weighted by atomic mass is 16.4. The minimum Gasteiger partial charge on any atom is -0.480 e. The second kappa shape index (κ2) is 8.12. The van der Waals surface area contributed by atoms with Crippen LogP contribution in [0.5, 0.6) is 0 Å². The second-order valence-electron chi connectivity index (χ2n) is 4.17. The van der Waals surface area contributed by atoms with Gasteiger partial charge in [0.1, 0.15) is 12.6 Å². The van der Waals surface area contributed by atoms with Gasteiger partial charge in [-0.2, -0.15) is 0 Å². The molecule has 0 aromatic heterocycles. The molecule has 1 atom stereocenters. The maximum Gasteiger partial charge on any atom is 0.326 e. The molecule has 1 unspecified atom stereocenters. The van der Waals surface area contributed by atoms with Gasteiger partial charge in [-0.25, -0.2) is 9.59 Å². The third kappa shape index (κ3) is 5.89. The van der Waals surface area contributed by atoms with Crippen LogP contribution in [0.1, 0.15) is 13.3 Å². The third-order valence-corrected chi connectivity index (χ3v) is 2.49. The fraction of sp³-hybridized carbons (Fsp3) is 0.583. The van der Waals surface area contributed by atoms with E-state index in [1.807, 2.05) is 0 Å². The van der Waals surface area contributed by atoms with Crippen molar-refractivity contribution in [2.45, 2.75) is 19.4 Å². The van der Waals surface area contributed by atoms with Gasteiger partial charge < -0.3 is 20.2 Å². The standard InChI is InChI=1S/C12H21N3O4/c1-5-7-9(11(17)18)13-12(19)15(6-2)8-10(16)14(3)4/h5,9H,1,6-8H2,2-4H3,(H,13,19)(H,17,18). The van der Waals surface area contributed by atoms with Crippen LogP contribution < -0.4 is 5.32 Å². The van der Waals surface area contributed by atoms with Crippen molar-refractivity contribution in [3.8, 4) is 0 Å². The summed E-state index contributed by atoms with van der Waals surface area (Å²) in [5, 5.41) is 11.3. The average molecular weight is 271 g/mol. The normalized spacial score (nSPS) is 11.3. The summed E-state index contributed by atoms with van der Waals surface area (Å²) in [6, 6.07) is -1.61. The molecule has 2 N–H and O–H groups in total. The van der Waals surface area contributed by atoms with E-state index in [9.17, 15) is 14.4 Å². The van der Waals surface area contributed by atoms with E-state index in [1.165, 1.54) is 15.9 Å². The lowest BCUT2D eigenvalue weighted by molar-refractivity contribution is -0.139. The number of carbonyl (C=O) groups is 3. The number of hydrogen-bond acceptors (Lipinski definition) is 3. The summed E-state index contributed by atoms with van der Waals surface area (Å²) in [5.41, 5.74) is 0. The molecule has 0 rings (SSSR count). The highest BCUT2D eigenvalue weighted by Gasteiger charge is 2.22. The minimum absolute atomic E-state index is 0.0875. The molecule has 0 heterocycles. The van der Waals surface area contributed by atoms with E-state index in [2.05, 4.69) is 11.9 Å². The average Bonchev–Trinajstić information content (AvgIpc) is 2.34. The maximum absolute atomic E-state index is 11.9. The van der Waals surface area contributed by atoms with Gasteiger partial charge in [0, 0.05) is 20.6 Å². The van der Waals surface area contributed by atoms with E-state index in [1.54, 1.807) is 21.0 Å². The second-order valence-corrected chi connectivity index (χ2v) is 4.17. The van der Waals surface area contributed by atoms with E-state index in [0.717, 1.165) is 0 Å². The van der Waals surface area contributed by atoms with Crippen LogP contribution in [0.2, 0.25) is 0 Å². The van der Waals surface area contributed by atoms with Crippen molar-refractivity contribution < 1.29 is 19.5 Å². The smallest absolute Gasteiger partial charge is 0.326 e. The Morgan fingerprint density at radius 2 is 1.95 bits per heavy atom. The molecule has 0 aliphatic heterocycles. The quantitative estimate of drug-likeness (QED) is 0.644. The van der Waals surface area contributed by atoms with Crippen LogP contribution in [0, 0.1) is 0 Å². The van der Waals surface area contributed by atoms with Crippen LogP contribution in [0.15, 0.2) is 12.7 Å². The Balaban J connectivity index is 4.61. The molecule has 108 valence electrons. The fourth-order valence-corrected chi connectivity index (χ4v) is 1.26. The molecule has 0 aromatic rings. The number of likely N-dealkylation sites (N-methyl/N-ethyl adjacent to an activating group) is 2. The van der Waals surface area contributed by atoms with Gasteiger partial charge in [-0.3, -0.25) is 4.79 Å². The SMILES string of the molecule is C=CCC(NC(=O)N(CC)CC(=O)N(C)C)C(=O)O. The number of rotatable bonds is 7. The molecule has 0 fully saturated rings. The number of urea groups is 1. The Bertz CT molecular complexity index is 355. The summed E-state index contributed by atoms with van der Waals surface area (Å²) in [5.74, 6) is -1.36. The van der Waals surface area contributed by atoms with Gasteiger partial charge in [0.15, 0.2) is 0 Å². The lowest BCUT2D eigenvalue weighted by Crippen LogP contribution is -2.50. The predicted molar refractivity (Wildman–Crippen MR) is 70.7 cm³/mol. The maximum atomic E-state index is 11.9. The number of carbonyl (C=O) groups excluding carboxylic acids is 2. The first kappa shape index (κ1) is 16.9. The molecule has 0 saturated heterocycles. The lowest BCUT2D eigenvalue weighted by atomic mass is 10.2. The topological polar surface area (TPSA) is 90.0 Å². The third-order valence-electron chi connectivity index (χ3n) is 2.49. The van der Waals surface area contributed by atoms with Crippen LogP contribution in [-0.4, -0.2) is 66.0 Å². The highest BCUT2D eigenvalue weighted by molar-refractivity contribution is 5.86. The van der Waals surface area contributed by atoms with Gasteiger partial charge in [0.25, 0.3) is 0 Å². The Kier molecular flexibility index (Phi) is 7.25. The highest BCUT2D eigenvalue weighted by Crippen LogP contribution is 1.98. The molecular weight excluding hydrogens is 250 g/mol. The van der Waals surface area contributed by atoms with Crippen LogP contribution in [0.3, 0.4) is 0 Å². The Labute approximate surface area is 112 Å². The lowest BCUT2D eigenvalue weighted by Gasteiger charge is -2.24. The molecular formula is C12H21N3O4. The largest absolute Gasteiger partial charge is 0.480 e. The van der Waals surface area contributed by atoms with Crippen LogP contribution in [-0.2, 0) is 9.59 Å². The number of nitrogens with one attached hydrogen (secondary N) is 1. The van der Waals surface area contributed by atoms with E-state index >= 15 is 0 Å². The number of hydrogen-bond donors (Lipinski definition) is 2. The van der Waals surface area contributed by atoms with Crippen molar-refractivity contribution in [3.05, 3.63) is 12.7 Å². The summed E-state index contributed by atoms with van der Waals surface area (Å²) in [4.78, 5) is 36.9. The number of carboxylic acids is 1. The predicted octanol–water partition coefficient (Wildman–Crippen LogP) is 0.135. The molecule has 0 bridgehead atoms. The Hall–Kier alpha value is -2.05. The molecule has 7 nitrogen and oxygen atoms in total. The zero-order chi connectivity index (χ0) is 15.0. The molecule has 3 amide bonds. The van der Waals surface area contributed by atoms with Crippen LogP contribution in [0.25, 0.3) is 0 Å². The molecule has 0 aliphatic rings. The summed E-state index contributed by atoms with van der Waals surface area (Å²) in [6.45, 7) is 5.38. The number of amides is 3. The Morgan fingerprint density at radius 3 is 2.32 bits per heavy atom. The Morgan fingerprint density at radius 1 is 1.37 bits per heavy atom.